The van der Waals surface area contributed by atoms with Gasteiger partial charge in [-0.05, 0) is 38.0 Å². The van der Waals surface area contributed by atoms with Gasteiger partial charge >= 0.3 is 0 Å². The molecule has 23 heavy (non-hydrogen) atoms. The standard InChI is InChI=1S/C18H26N2O3/c1-5-20(6-2)18(22)15-11-12-16(21)19(3)17(15)13-7-9-14(23-4)10-8-13/h7-10,15,17H,5-6,11-12H2,1-4H3/t15-,17+/m0/s1. The number of likely N-dealkylation sites (tertiary alicyclic amines) is 1. The van der Waals surface area contributed by atoms with Crippen molar-refractivity contribution in [3.05, 3.63) is 29.8 Å². The first-order valence-electron chi connectivity index (χ1n) is 8.21. The molecule has 5 nitrogen and oxygen atoms in total. The molecule has 1 aromatic carbocycles. The van der Waals surface area contributed by atoms with Gasteiger partial charge < -0.3 is 14.5 Å². The molecule has 0 bridgehead atoms. The molecule has 1 saturated heterocycles. The molecule has 0 N–H and O–H groups in total. The van der Waals surface area contributed by atoms with Gasteiger partial charge in [0, 0.05) is 26.6 Å². The lowest BCUT2D eigenvalue weighted by Crippen LogP contribution is -2.47. The third-order valence-corrected chi connectivity index (χ3v) is 4.71. The average Bonchev–Trinajstić information content (AvgIpc) is 2.58. The normalized spacial score (nSPS) is 21.2. The first-order chi connectivity index (χ1) is 11.0. The lowest BCUT2D eigenvalue weighted by Gasteiger charge is -2.40. The molecule has 2 atom stereocenters. The highest BCUT2D eigenvalue weighted by Gasteiger charge is 2.40. The smallest absolute Gasteiger partial charge is 0.228 e. The van der Waals surface area contributed by atoms with E-state index in [0.717, 1.165) is 11.3 Å². The van der Waals surface area contributed by atoms with E-state index in [4.69, 9.17) is 4.74 Å². The zero-order valence-corrected chi connectivity index (χ0v) is 14.4. The highest BCUT2D eigenvalue weighted by atomic mass is 16.5. The van der Waals surface area contributed by atoms with Gasteiger partial charge in [-0.25, -0.2) is 0 Å². The van der Waals surface area contributed by atoms with E-state index in [1.54, 1.807) is 19.1 Å². The summed E-state index contributed by atoms with van der Waals surface area (Å²) in [5, 5.41) is 0. The van der Waals surface area contributed by atoms with Crippen molar-refractivity contribution in [2.45, 2.75) is 32.7 Å². The van der Waals surface area contributed by atoms with Crippen molar-refractivity contribution < 1.29 is 14.3 Å². The summed E-state index contributed by atoms with van der Waals surface area (Å²) in [6.07, 6.45) is 1.04. The molecule has 0 aromatic heterocycles. The van der Waals surface area contributed by atoms with Crippen LogP contribution in [0.5, 0.6) is 5.75 Å². The molecule has 1 aliphatic heterocycles. The number of amides is 2. The predicted octanol–water partition coefficient (Wildman–Crippen LogP) is 2.47. The molecule has 0 unspecified atom stereocenters. The minimum atomic E-state index is -0.213. The summed E-state index contributed by atoms with van der Waals surface area (Å²) in [6.45, 7) is 5.36. The van der Waals surface area contributed by atoms with Gasteiger partial charge in [0.05, 0.1) is 19.1 Å². The molecule has 0 radical (unpaired) electrons. The third-order valence-electron chi connectivity index (χ3n) is 4.71. The van der Waals surface area contributed by atoms with Crippen molar-refractivity contribution in [3.8, 4) is 5.75 Å². The van der Waals surface area contributed by atoms with E-state index < -0.39 is 0 Å². The first-order valence-corrected chi connectivity index (χ1v) is 8.21. The van der Waals surface area contributed by atoms with Crippen LogP contribution in [0.3, 0.4) is 0 Å². The fourth-order valence-electron chi connectivity index (χ4n) is 3.32. The van der Waals surface area contributed by atoms with E-state index in [1.807, 2.05) is 43.0 Å². The highest BCUT2D eigenvalue weighted by Crippen LogP contribution is 2.37. The number of piperidine rings is 1. The minimum Gasteiger partial charge on any atom is -0.497 e. The van der Waals surface area contributed by atoms with Crippen LogP contribution >= 0.6 is 0 Å². The van der Waals surface area contributed by atoms with Crippen LogP contribution in [0.15, 0.2) is 24.3 Å². The average molecular weight is 318 g/mol. The van der Waals surface area contributed by atoms with Gasteiger partial charge in [-0.1, -0.05) is 12.1 Å². The highest BCUT2D eigenvalue weighted by molar-refractivity contribution is 5.85. The van der Waals surface area contributed by atoms with Crippen LogP contribution in [0.2, 0.25) is 0 Å². The van der Waals surface area contributed by atoms with Crippen LogP contribution < -0.4 is 4.74 Å². The number of hydrogen-bond acceptors (Lipinski definition) is 3. The van der Waals surface area contributed by atoms with E-state index in [1.165, 1.54) is 0 Å². The van der Waals surface area contributed by atoms with Crippen LogP contribution in [0.1, 0.15) is 38.3 Å². The molecule has 5 heteroatoms. The van der Waals surface area contributed by atoms with E-state index in [-0.39, 0.29) is 23.8 Å². The van der Waals surface area contributed by atoms with Crippen molar-refractivity contribution in [1.82, 2.24) is 9.80 Å². The SMILES string of the molecule is CCN(CC)C(=O)[C@H]1CCC(=O)N(C)[C@@H]1c1ccc(OC)cc1. The molecular weight excluding hydrogens is 292 g/mol. The minimum absolute atomic E-state index is 0.0921. The molecule has 0 aliphatic carbocycles. The van der Waals surface area contributed by atoms with Crippen LogP contribution in [-0.4, -0.2) is 48.9 Å². The summed E-state index contributed by atoms with van der Waals surface area (Å²) in [5.41, 5.74) is 0.979. The van der Waals surface area contributed by atoms with Gasteiger partial charge in [0.2, 0.25) is 11.8 Å². The maximum Gasteiger partial charge on any atom is 0.228 e. The summed E-state index contributed by atoms with van der Waals surface area (Å²) in [4.78, 5) is 28.6. The zero-order valence-electron chi connectivity index (χ0n) is 14.4. The quantitative estimate of drug-likeness (QED) is 0.838. The van der Waals surface area contributed by atoms with Crippen molar-refractivity contribution in [3.63, 3.8) is 0 Å². The topological polar surface area (TPSA) is 49.9 Å². The van der Waals surface area contributed by atoms with Crippen molar-refractivity contribution in [1.29, 1.82) is 0 Å². The molecule has 0 spiro atoms. The lowest BCUT2D eigenvalue weighted by atomic mass is 9.83. The molecule has 1 aromatic rings. The Hall–Kier alpha value is -2.04. The van der Waals surface area contributed by atoms with E-state index in [9.17, 15) is 9.59 Å². The number of hydrogen-bond donors (Lipinski definition) is 0. The summed E-state index contributed by atoms with van der Waals surface area (Å²) in [6, 6.07) is 7.43. The largest absolute Gasteiger partial charge is 0.497 e. The Bertz CT molecular complexity index is 552. The van der Waals surface area contributed by atoms with E-state index in [2.05, 4.69) is 0 Å². The Labute approximate surface area is 138 Å². The van der Waals surface area contributed by atoms with Gasteiger partial charge in [0.1, 0.15) is 5.75 Å². The molecule has 2 amide bonds. The molecule has 1 aliphatic rings. The molecule has 1 fully saturated rings. The van der Waals surface area contributed by atoms with Gasteiger partial charge in [0.15, 0.2) is 0 Å². The number of benzene rings is 1. The number of rotatable bonds is 5. The fraction of sp³-hybridized carbons (Fsp3) is 0.556. The molecule has 2 rings (SSSR count). The van der Waals surface area contributed by atoms with Crippen LogP contribution in [0.4, 0.5) is 0 Å². The number of ether oxygens (including phenoxy) is 1. The summed E-state index contributed by atoms with van der Waals surface area (Å²) in [7, 11) is 3.41. The van der Waals surface area contributed by atoms with Gasteiger partial charge in [-0.3, -0.25) is 9.59 Å². The maximum atomic E-state index is 12.9. The van der Waals surface area contributed by atoms with Gasteiger partial charge in [0.25, 0.3) is 0 Å². The first kappa shape index (κ1) is 17.3. The monoisotopic (exact) mass is 318 g/mol. The fourth-order valence-corrected chi connectivity index (χ4v) is 3.32. The van der Waals surface area contributed by atoms with Crippen LogP contribution in [0.25, 0.3) is 0 Å². The number of methoxy groups -OCH3 is 1. The summed E-state index contributed by atoms with van der Waals surface area (Å²) in [5.74, 6) is 0.806. The molecular formula is C18H26N2O3. The van der Waals surface area contributed by atoms with Gasteiger partial charge in [-0.15, -0.1) is 0 Å². The Balaban J connectivity index is 2.34. The van der Waals surface area contributed by atoms with Crippen molar-refractivity contribution >= 4 is 11.8 Å². The second-order valence-corrected chi connectivity index (χ2v) is 5.88. The third kappa shape index (κ3) is 3.49. The second kappa shape index (κ2) is 7.49. The summed E-state index contributed by atoms with van der Waals surface area (Å²) >= 11 is 0. The van der Waals surface area contributed by atoms with Crippen molar-refractivity contribution in [2.75, 3.05) is 27.2 Å². The van der Waals surface area contributed by atoms with E-state index >= 15 is 0 Å². The number of nitrogens with zero attached hydrogens (tertiary/aromatic N) is 2. The maximum absolute atomic E-state index is 12.9. The summed E-state index contributed by atoms with van der Waals surface area (Å²) < 4.78 is 5.20. The molecule has 0 saturated carbocycles. The lowest BCUT2D eigenvalue weighted by molar-refractivity contribution is -0.146. The van der Waals surface area contributed by atoms with Crippen molar-refractivity contribution in [2.24, 2.45) is 5.92 Å². The van der Waals surface area contributed by atoms with Crippen LogP contribution in [0, 0.1) is 5.92 Å². The molecule has 1 heterocycles. The molecule has 126 valence electrons. The Kier molecular flexibility index (Phi) is 5.64. The number of carbonyl (C=O) groups excluding carboxylic acids is 2. The predicted molar refractivity (Wildman–Crippen MR) is 89.2 cm³/mol. The Morgan fingerprint density at radius 3 is 2.39 bits per heavy atom. The number of carbonyl (C=O) groups is 2. The second-order valence-electron chi connectivity index (χ2n) is 5.88. The zero-order chi connectivity index (χ0) is 17.0. The van der Waals surface area contributed by atoms with E-state index in [0.29, 0.717) is 25.9 Å². The van der Waals surface area contributed by atoms with Crippen LogP contribution in [-0.2, 0) is 9.59 Å². The van der Waals surface area contributed by atoms with Gasteiger partial charge in [-0.2, -0.15) is 0 Å². The Morgan fingerprint density at radius 1 is 1.26 bits per heavy atom. The Morgan fingerprint density at radius 2 is 1.87 bits per heavy atom.